The molecule has 43 heavy (non-hydrogen) atoms. The summed E-state index contributed by atoms with van der Waals surface area (Å²) < 4.78 is 16.6. The first-order valence-corrected chi connectivity index (χ1v) is 14.4. The summed E-state index contributed by atoms with van der Waals surface area (Å²) in [6.45, 7) is 0. The number of amides is 2. The molecule has 1 atom stereocenters. The smallest absolute Gasteiger partial charge is 0.263 e. The maximum absolute atomic E-state index is 13.6. The van der Waals surface area contributed by atoms with E-state index in [9.17, 15) is 9.59 Å². The second kappa shape index (κ2) is 14.1. The molecule has 0 aliphatic heterocycles. The molecular formula is C35H30N2O5S. The van der Waals surface area contributed by atoms with Gasteiger partial charge in [0.05, 0.1) is 14.2 Å². The van der Waals surface area contributed by atoms with Gasteiger partial charge < -0.3 is 24.8 Å². The van der Waals surface area contributed by atoms with Crippen molar-refractivity contribution in [2.45, 2.75) is 10.1 Å². The first kappa shape index (κ1) is 29.3. The number of carbonyl (C=O) groups excluding carboxylic acids is 2. The Morgan fingerprint density at radius 2 is 1.23 bits per heavy atom. The van der Waals surface area contributed by atoms with Crippen LogP contribution in [0.4, 0.5) is 11.4 Å². The van der Waals surface area contributed by atoms with Crippen LogP contribution in [-0.2, 0) is 4.79 Å². The van der Waals surface area contributed by atoms with E-state index in [1.165, 1.54) is 26.0 Å². The van der Waals surface area contributed by atoms with Crippen LogP contribution in [0, 0.1) is 0 Å². The molecule has 0 radical (unpaired) electrons. The van der Waals surface area contributed by atoms with Crippen molar-refractivity contribution in [1.82, 2.24) is 0 Å². The van der Waals surface area contributed by atoms with Crippen LogP contribution in [0.1, 0.15) is 21.2 Å². The number of hydrogen-bond acceptors (Lipinski definition) is 6. The number of hydrogen-bond donors (Lipinski definition) is 2. The predicted octanol–water partition coefficient (Wildman–Crippen LogP) is 8.22. The molecule has 0 aromatic heterocycles. The zero-order valence-corrected chi connectivity index (χ0v) is 24.5. The molecule has 0 aliphatic carbocycles. The van der Waals surface area contributed by atoms with Crippen molar-refractivity contribution in [2.24, 2.45) is 0 Å². The molecule has 0 bridgehead atoms. The Kier molecular flexibility index (Phi) is 9.61. The molecule has 1 unspecified atom stereocenters. The van der Waals surface area contributed by atoms with Crippen LogP contribution in [0.25, 0.3) is 0 Å². The minimum Gasteiger partial charge on any atom is -0.496 e. The number of benzene rings is 5. The molecular weight excluding hydrogens is 560 g/mol. The van der Waals surface area contributed by atoms with Crippen LogP contribution in [0.15, 0.2) is 132 Å². The van der Waals surface area contributed by atoms with E-state index in [0.29, 0.717) is 34.2 Å². The maximum Gasteiger partial charge on any atom is 0.263 e. The van der Waals surface area contributed by atoms with Crippen LogP contribution in [0.3, 0.4) is 0 Å². The highest BCUT2D eigenvalue weighted by Crippen LogP contribution is 2.38. The Balaban J connectivity index is 1.32. The van der Waals surface area contributed by atoms with Gasteiger partial charge in [0, 0.05) is 16.3 Å². The zero-order valence-electron chi connectivity index (χ0n) is 23.7. The van der Waals surface area contributed by atoms with Crippen LogP contribution < -0.4 is 24.8 Å². The van der Waals surface area contributed by atoms with Gasteiger partial charge in [0.25, 0.3) is 5.91 Å². The molecule has 5 aromatic carbocycles. The highest BCUT2D eigenvalue weighted by atomic mass is 32.2. The van der Waals surface area contributed by atoms with Gasteiger partial charge in [-0.25, -0.2) is 0 Å². The van der Waals surface area contributed by atoms with E-state index in [1.54, 1.807) is 24.3 Å². The van der Waals surface area contributed by atoms with Crippen molar-refractivity contribution < 1.29 is 23.8 Å². The summed E-state index contributed by atoms with van der Waals surface area (Å²) in [5.41, 5.74) is 2.37. The topological polar surface area (TPSA) is 85.9 Å². The van der Waals surface area contributed by atoms with E-state index >= 15 is 0 Å². The summed E-state index contributed by atoms with van der Waals surface area (Å²) in [4.78, 5) is 27.6. The lowest BCUT2D eigenvalue weighted by Crippen LogP contribution is -2.19. The molecule has 216 valence electrons. The largest absolute Gasteiger partial charge is 0.496 e. The highest BCUT2D eigenvalue weighted by Gasteiger charge is 2.23. The SMILES string of the molecule is COc1cccc(OC)c1C(=O)Nc1cccc(SC(C(=O)Nc2ccc(Oc3ccccc3)cc2)c2ccccc2)c1. The molecule has 5 rings (SSSR count). The first-order chi connectivity index (χ1) is 21.0. The van der Waals surface area contributed by atoms with E-state index in [4.69, 9.17) is 14.2 Å². The Labute approximate surface area is 254 Å². The molecule has 0 heterocycles. The lowest BCUT2D eigenvalue weighted by atomic mass is 10.1. The van der Waals surface area contributed by atoms with Gasteiger partial charge in [-0.05, 0) is 72.3 Å². The monoisotopic (exact) mass is 590 g/mol. The molecule has 0 aliphatic rings. The van der Waals surface area contributed by atoms with E-state index in [2.05, 4.69) is 10.6 Å². The third kappa shape index (κ3) is 7.55. The average Bonchev–Trinajstić information content (AvgIpc) is 3.05. The summed E-state index contributed by atoms with van der Waals surface area (Å²) in [6, 6.07) is 38.9. The van der Waals surface area contributed by atoms with Crippen molar-refractivity contribution in [1.29, 1.82) is 0 Å². The molecule has 2 amide bonds. The van der Waals surface area contributed by atoms with Crippen LogP contribution in [-0.4, -0.2) is 26.0 Å². The lowest BCUT2D eigenvalue weighted by molar-refractivity contribution is -0.115. The number of nitrogens with one attached hydrogen (secondary N) is 2. The molecule has 5 aromatic rings. The Hall–Kier alpha value is -5.21. The minimum atomic E-state index is -0.554. The number of ether oxygens (including phenoxy) is 3. The van der Waals surface area contributed by atoms with Gasteiger partial charge in [0.1, 0.15) is 33.8 Å². The molecule has 0 saturated heterocycles. The van der Waals surface area contributed by atoms with Crippen molar-refractivity contribution in [2.75, 3.05) is 24.9 Å². The van der Waals surface area contributed by atoms with Gasteiger partial charge in [-0.1, -0.05) is 60.7 Å². The summed E-state index contributed by atoms with van der Waals surface area (Å²) in [5, 5.41) is 5.41. The Bertz CT molecular complexity index is 1660. The Morgan fingerprint density at radius 1 is 0.628 bits per heavy atom. The van der Waals surface area contributed by atoms with Crippen molar-refractivity contribution >= 4 is 35.0 Å². The second-order valence-corrected chi connectivity index (χ2v) is 10.5. The third-order valence-corrected chi connectivity index (χ3v) is 7.69. The summed E-state index contributed by atoms with van der Waals surface area (Å²) in [6.07, 6.45) is 0. The number of rotatable bonds is 11. The van der Waals surface area contributed by atoms with Gasteiger partial charge in [0.15, 0.2) is 0 Å². The van der Waals surface area contributed by atoms with Gasteiger partial charge >= 0.3 is 0 Å². The van der Waals surface area contributed by atoms with Crippen molar-refractivity contribution in [3.63, 3.8) is 0 Å². The van der Waals surface area contributed by atoms with Gasteiger partial charge in [0.2, 0.25) is 5.91 Å². The third-order valence-electron chi connectivity index (χ3n) is 6.44. The maximum atomic E-state index is 13.6. The zero-order chi connectivity index (χ0) is 30.0. The van der Waals surface area contributed by atoms with E-state index in [1.807, 2.05) is 103 Å². The standard InChI is InChI=1S/C35H30N2O5S/c1-40-30-17-10-18-31(41-2)32(30)34(38)37-26-13-9-16-29(23-26)43-33(24-11-5-3-6-12-24)35(39)36-25-19-21-28(22-20-25)42-27-14-7-4-8-15-27/h3-23,33H,1-2H3,(H,36,39)(H,37,38). The molecule has 0 fully saturated rings. The molecule has 2 N–H and O–H groups in total. The summed E-state index contributed by atoms with van der Waals surface area (Å²) >= 11 is 1.39. The fraction of sp³-hybridized carbons (Fsp3) is 0.0857. The highest BCUT2D eigenvalue weighted by molar-refractivity contribution is 8.00. The van der Waals surface area contributed by atoms with E-state index in [-0.39, 0.29) is 11.8 Å². The Morgan fingerprint density at radius 3 is 1.88 bits per heavy atom. The fourth-order valence-electron chi connectivity index (χ4n) is 4.39. The van der Waals surface area contributed by atoms with Crippen LogP contribution in [0.2, 0.25) is 0 Å². The normalized spacial score (nSPS) is 11.2. The average molecular weight is 591 g/mol. The van der Waals surface area contributed by atoms with Gasteiger partial charge in [-0.2, -0.15) is 0 Å². The quantitative estimate of drug-likeness (QED) is 0.151. The molecule has 0 spiro atoms. The van der Waals surface area contributed by atoms with Crippen LogP contribution >= 0.6 is 11.8 Å². The number of carbonyl (C=O) groups is 2. The number of methoxy groups -OCH3 is 2. The van der Waals surface area contributed by atoms with E-state index in [0.717, 1.165) is 16.2 Å². The van der Waals surface area contributed by atoms with Crippen molar-refractivity contribution in [3.05, 3.63) is 139 Å². The van der Waals surface area contributed by atoms with Crippen LogP contribution in [0.5, 0.6) is 23.0 Å². The second-order valence-electron chi connectivity index (χ2n) is 9.36. The number of anilines is 2. The fourth-order valence-corrected chi connectivity index (χ4v) is 5.47. The lowest BCUT2D eigenvalue weighted by Gasteiger charge is -2.18. The summed E-state index contributed by atoms with van der Waals surface area (Å²) in [7, 11) is 3.01. The van der Waals surface area contributed by atoms with Gasteiger partial charge in [-0.15, -0.1) is 11.8 Å². The van der Waals surface area contributed by atoms with E-state index < -0.39 is 5.25 Å². The first-order valence-electron chi connectivity index (χ1n) is 13.5. The number of para-hydroxylation sites is 1. The number of thioether (sulfide) groups is 1. The summed E-state index contributed by atoms with van der Waals surface area (Å²) in [5.74, 6) is 1.67. The molecule has 7 nitrogen and oxygen atoms in total. The molecule has 0 saturated carbocycles. The molecule has 8 heteroatoms. The minimum absolute atomic E-state index is 0.180. The predicted molar refractivity (Wildman–Crippen MR) is 171 cm³/mol. The van der Waals surface area contributed by atoms with Crippen molar-refractivity contribution in [3.8, 4) is 23.0 Å². The van der Waals surface area contributed by atoms with Gasteiger partial charge in [-0.3, -0.25) is 9.59 Å².